The monoisotopic (exact) mass is 536 g/mol. The van der Waals surface area contributed by atoms with E-state index in [2.05, 4.69) is 15.6 Å². The van der Waals surface area contributed by atoms with Crippen LogP contribution in [0.4, 0.5) is 0 Å². The first-order valence-electron chi connectivity index (χ1n) is 13.7. The lowest BCUT2D eigenvalue weighted by Crippen LogP contribution is -2.62. The molecular formula is C29H36N4O6. The highest BCUT2D eigenvalue weighted by molar-refractivity contribution is 6.06. The molecule has 6 atom stereocenters. The summed E-state index contributed by atoms with van der Waals surface area (Å²) < 4.78 is 10.7. The van der Waals surface area contributed by atoms with Crippen LogP contribution in [0.3, 0.4) is 0 Å². The third kappa shape index (κ3) is 5.22. The summed E-state index contributed by atoms with van der Waals surface area (Å²) in [5.41, 5.74) is -0.383. The molecule has 2 aliphatic heterocycles. The molecule has 5 rings (SSSR count). The molecule has 2 N–H and O–H groups in total. The Morgan fingerprint density at radius 1 is 1.18 bits per heavy atom. The highest BCUT2D eigenvalue weighted by Crippen LogP contribution is 2.44. The van der Waals surface area contributed by atoms with Gasteiger partial charge in [0, 0.05) is 24.2 Å². The fourth-order valence-electron chi connectivity index (χ4n) is 6.18. The third-order valence-electron chi connectivity index (χ3n) is 8.01. The van der Waals surface area contributed by atoms with Crippen molar-refractivity contribution < 1.29 is 28.7 Å². The van der Waals surface area contributed by atoms with Crippen molar-refractivity contribution in [2.24, 2.45) is 11.3 Å². The van der Waals surface area contributed by atoms with E-state index < -0.39 is 41.7 Å². The molecule has 2 saturated heterocycles. The molecular weight excluding hydrogens is 500 g/mol. The van der Waals surface area contributed by atoms with Gasteiger partial charge in [0.2, 0.25) is 18.1 Å². The molecule has 3 amide bonds. The van der Waals surface area contributed by atoms with E-state index in [1.165, 1.54) is 0 Å². The van der Waals surface area contributed by atoms with Crippen molar-refractivity contribution in [3.63, 3.8) is 0 Å². The number of carbonyl (C=O) groups excluding carboxylic acids is 4. The molecule has 1 aromatic carbocycles. The second-order valence-corrected chi connectivity index (χ2v) is 11.7. The number of aromatic nitrogens is 1. The number of ether oxygens (including phenoxy) is 2. The summed E-state index contributed by atoms with van der Waals surface area (Å²) >= 11 is 0. The van der Waals surface area contributed by atoms with Crippen LogP contribution >= 0.6 is 0 Å². The highest BCUT2D eigenvalue weighted by atomic mass is 16.7. The zero-order chi connectivity index (χ0) is 27.9. The summed E-state index contributed by atoms with van der Waals surface area (Å²) in [6.45, 7) is 7.80. The molecule has 3 heterocycles. The van der Waals surface area contributed by atoms with Gasteiger partial charge in [0.25, 0.3) is 5.91 Å². The predicted octanol–water partition coefficient (Wildman–Crippen LogP) is 2.55. The number of likely N-dealkylation sites (tertiary alicyclic amines) is 1. The van der Waals surface area contributed by atoms with Crippen molar-refractivity contribution in [1.82, 2.24) is 20.5 Å². The van der Waals surface area contributed by atoms with E-state index in [-0.39, 0.29) is 35.9 Å². The number of cyclic esters (lactones) is 1. The molecule has 1 aliphatic carbocycles. The topological polar surface area (TPSA) is 127 Å². The molecule has 2 unspecified atom stereocenters. The van der Waals surface area contributed by atoms with Gasteiger partial charge in [0.15, 0.2) is 0 Å². The lowest BCUT2D eigenvalue weighted by Gasteiger charge is -2.40. The van der Waals surface area contributed by atoms with Crippen LogP contribution < -0.4 is 10.6 Å². The van der Waals surface area contributed by atoms with Gasteiger partial charge in [-0.25, -0.2) is 0 Å². The second kappa shape index (κ2) is 10.6. The van der Waals surface area contributed by atoms with E-state index in [0.717, 1.165) is 24.6 Å². The molecule has 0 radical (unpaired) electrons. The van der Waals surface area contributed by atoms with Crippen molar-refractivity contribution in [1.29, 1.82) is 0 Å². The molecule has 1 saturated carbocycles. The van der Waals surface area contributed by atoms with E-state index in [1.54, 1.807) is 18.0 Å². The molecule has 3 aliphatic rings. The minimum atomic E-state index is -0.881. The Morgan fingerprint density at radius 2 is 1.95 bits per heavy atom. The van der Waals surface area contributed by atoms with Gasteiger partial charge in [0.1, 0.15) is 23.8 Å². The van der Waals surface area contributed by atoms with E-state index in [1.807, 2.05) is 51.1 Å². The third-order valence-corrected chi connectivity index (χ3v) is 8.01. The quantitative estimate of drug-likeness (QED) is 0.521. The maximum atomic E-state index is 14.2. The number of benzene rings is 1. The highest BCUT2D eigenvalue weighted by Gasteiger charge is 2.54. The van der Waals surface area contributed by atoms with E-state index in [9.17, 15) is 19.2 Å². The van der Waals surface area contributed by atoms with Gasteiger partial charge in [-0.3, -0.25) is 24.2 Å². The molecule has 2 bridgehead atoms. The maximum Gasteiger partial charge on any atom is 0.310 e. The SMILES string of the molecule is CCO[C@@H]1OC(=O)CC1NC(=O)[C@@H]1[C@H]2CCC(C2)N1C(=O)[C@@H](NC(=O)c1nccc2ccccc12)C(C)(C)C. The van der Waals surface area contributed by atoms with Crippen LogP contribution in [0.2, 0.25) is 0 Å². The van der Waals surface area contributed by atoms with Crippen LogP contribution in [0, 0.1) is 11.3 Å². The first-order valence-corrected chi connectivity index (χ1v) is 13.7. The number of rotatable bonds is 7. The number of hydrogen-bond acceptors (Lipinski definition) is 7. The largest absolute Gasteiger partial charge is 0.433 e. The van der Waals surface area contributed by atoms with E-state index in [4.69, 9.17) is 9.47 Å². The summed E-state index contributed by atoms with van der Waals surface area (Å²) in [4.78, 5) is 59.1. The maximum absolute atomic E-state index is 14.2. The summed E-state index contributed by atoms with van der Waals surface area (Å²) in [7, 11) is 0. The van der Waals surface area contributed by atoms with Gasteiger partial charge in [-0.1, -0.05) is 45.0 Å². The molecule has 10 heteroatoms. The Kier molecular flexibility index (Phi) is 7.33. The minimum absolute atomic E-state index is 0.0126. The van der Waals surface area contributed by atoms with Crippen LogP contribution in [0.15, 0.2) is 36.5 Å². The second-order valence-electron chi connectivity index (χ2n) is 11.7. The fraction of sp³-hybridized carbons (Fsp3) is 0.552. The summed E-state index contributed by atoms with van der Waals surface area (Å²) in [5.74, 6) is -1.47. The molecule has 1 aromatic heterocycles. The van der Waals surface area contributed by atoms with Crippen molar-refractivity contribution in [2.45, 2.75) is 83.8 Å². The Morgan fingerprint density at radius 3 is 2.69 bits per heavy atom. The zero-order valence-corrected chi connectivity index (χ0v) is 22.8. The first kappa shape index (κ1) is 27.1. The van der Waals surface area contributed by atoms with Crippen LogP contribution in [-0.4, -0.2) is 70.6 Å². The molecule has 2 aromatic rings. The van der Waals surface area contributed by atoms with Gasteiger partial charge < -0.3 is 25.0 Å². The number of nitrogens with zero attached hydrogens (tertiary/aromatic N) is 2. The number of fused-ring (bicyclic) bond motifs is 3. The Balaban J connectivity index is 1.38. The number of pyridine rings is 1. The molecule has 39 heavy (non-hydrogen) atoms. The Labute approximate surface area is 227 Å². The van der Waals surface area contributed by atoms with Crippen LogP contribution in [0.25, 0.3) is 10.8 Å². The van der Waals surface area contributed by atoms with Crippen LogP contribution in [0.1, 0.15) is 63.9 Å². The Hall–Kier alpha value is -3.53. The minimum Gasteiger partial charge on any atom is -0.433 e. The average Bonchev–Trinajstić information content (AvgIpc) is 3.60. The molecule has 0 spiro atoms. The normalized spacial score (nSPS) is 26.9. The lowest BCUT2D eigenvalue weighted by atomic mass is 9.84. The van der Waals surface area contributed by atoms with Gasteiger partial charge in [-0.15, -0.1) is 0 Å². The van der Waals surface area contributed by atoms with Gasteiger partial charge in [-0.05, 0) is 49.0 Å². The number of esters is 1. The fourth-order valence-corrected chi connectivity index (χ4v) is 6.18. The van der Waals surface area contributed by atoms with Crippen molar-refractivity contribution in [3.05, 3.63) is 42.2 Å². The smallest absolute Gasteiger partial charge is 0.310 e. The molecule has 208 valence electrons. The number of nitrogens with one attached hydrogen (secondary N) is 2. The zero-order valence-electron chi connectivity index (χ0n) is 22.8. The predicted molar refractivity (Wildman–Crippen MR) is 142 cm³/mol. The number of hydrogen-bond donors (Lipinski definition) is 2. The summed E-state index contributed by atoms with van der Waals surface area (Å²) in [6.07, 6.45) is 3.14. The first-order chi connectivity index (χ1) is 18.6. The van der Waals surface area contributed by atoms with Crippen LogP contribution in [-0.2, 0) is 23.9 Å². The van der Waals surface area contributed by atoms with E-state index >= 15 is 0 Å². The van der Waals surface area contributed by atoms with Crippen molar-refractivity contribution in [3.8, 4) is 0 Å². The van der Waals surface area contributed by atoms with Crippen molar-refractivity contribution >= 4 is 34.5 Å². The number of carbonyl (C=O) groups is 4. The van der Waals surface area contributed by atoms with Gasteiger partial charge in [0.05, 0.1) is 6.42 Å². The lowest BCUT2D eigenvalue weighted by molar-refractivity contribution is -0.165. The number of piperidine rings is 1. The van der Waals surface area contributed by atoms with Gasteiger partial charge in [-0.2, -0.15) is 0 Å². The van der Waals surface area contributed by atoms with Gasteiger partial charge >= 0.3 is 5.97 Å². The summed E-state index contributed by atoms with van der Waals surface area (Å²) in [6, 6.07) is 7.04. The molecule has 10 nitrogen and oxygen atoms in total. The Bertz CT molecular complexity index is 1280. The number of amides is 3. The molecule has 3 fully saturated rings. The standard InChI is InChI=1S/C29H36N4O6/c1-5-38-28-20(15-21(34)39-28)31-26(36)23-17-10-11-18(14-17)33(23)27(37)24(29(2,3)4)32-25(35)22-19-9-7-6-8-16(19)12-13-30-22/h6-9,12-13,17-18,20,23-24,28H,5,10-11,14-15H2,1-4H3,(H,31,36)(H,32,35)/t17-,18?,20?,23-,24+,28+/m0/s1. The van der Waals surface area contributed by atoms with Crippen molar-refractivity contribution in [2.75, 3.05) is 6.61 Å². The van der Waals surface area contributed by atoms with E-state index in [0.29, 0.717) is 12.0 Å². The summed E-state index contributed by atoms with van der Waals surface area (Å²) in [5, 5.41) is 7.45. The van der Waals surface area contributed by atoms with Crippen LogP contribution in [0.5, 0.6) is 0 Å². The average molecular weight is 537 g/mol.